The number of nitrogens with one attached hydrogen (secondary N) is 1. The van der Waals surface area contributed by atoms with Crippen molar-refractivity contribution in [3.63, 3.8) is 0 Å². The van der Waals surface area contributed by atoms with Crippen molar-refractivity contribution in [1.82, 2.24) is 14.5 Å². The van der Waals surface area contributed by atoms with Gasteiger partial charge in [-0.2, -0.15) is 5.10 Å². The third kappa shape index (κ3) is 5.02. The van der Waals surface area contributed by atoms with Crippen molar-refractivity contribution in [2.45, 2.75) is 58.4 Å². The van der Waals surface area contributed by atoms with Gasteiger partial charge in [-0.15, -0.1) is 0 Å². The van der Waals surface area contributed by atoms with Crippen LogP contribution in [0.3, 0.4) is 0 Å². The first kappa shape index (κ1) is 23.5. The average Bonchev–Trinajstić information content (AvgIpc) is 3.09. The number of rotatable bonds is 5. The molecule has 0 fully saturated rings. The molecule has 0 atom stereocenters. The number of carbonyl (C=O) groups is 1. The fraction of sp³-hybridized carbons (Fsp3) is 0.333. The summed E-state index contributed by atoms with van der Waals surface area (Å²) in [6, 6.07) is 10.00. The van der Waals surface area contributed by atoms with E-state index in [4.69, 9.17) is 5.73 Å². The highest BCUT2D eigenvalue weighted by molar-refractivity contribution is 7.90. The first-order valence-electron chi connectivity index (χ1n) is 10.4. The van der Waals surface area contributed by atoms with Crippen LogP contribution in [0.4, 0.5) is 5.69 Å². The molecule has 0 aliphatic carbocycles. The van der Waals surface area contributed by atoms with E-state index in [1.807, 2.05) is 47.7 Å². The molecule has 0 saturated heterocycles. The van der Waals surface area contributed by atoms with E-state index in [0.717, 1.165) is 16.7 Å². The lowest BCUT2D eigenvalue weighted by molar-refractivity contribution is 0.0974. The summed E-state index contributed by atoms with van der Waals surface area (Å²) in [6.45, 7) is 12.0. The molecule has 32 heavy (non-hydrogen) atoms. The molecule has 1 aromatic heterocycles. The van der Waals surface area contributed by atoms with Gasteiger partial charge in [0.25, 0.3) is 15.9 Å². The van der Waals surface area contributed by atoms with Gasteiger partial charge < -0.3 is 5.73 Å². The molecule has 3 N–H and O–H groups in total. The number of nitrogens with zero attached hydrogens (tertiary/aromatic N) is 2. The van der Waals surface area contributed by atoms with Crippen LogP contribution in [0.5, 0.6) is 0 Å². The molecule has 3 aromatic rings. The van der Waals surface area contributed by atoms with E-state index < -0.39 is 15.9 Å². The topological polar surface area (TPSA) is 107 Å². The summed E-state index contributed by atoms with van der Waals surface area (Å²) in [5, 5.41) is 4.47. The highest BCUT2D eigenvalue weighted by Gasteiger charge is 2.26. The van der Waals surface area contributed by atoms with Crippen LogP contribution in [-0.4, -0.2) is 24.1 Å². The number of hydrogen-bond acceptors (Lipinski definition) is 5. The van der Waals surface area contributed by atoms with E-state index in [2.05, 4.69) is 22.0 Å². The van der Waals surface area contributed by atoms with Crippen LogP contribution >= 0.6 is 0 Å². The minimum Gasteiger partial charge on any atom is -0.399 e. The van der Waals surface area contributed by atoms with Gasteiger partial charge in [-0.25, -0.2) is 13.1 Å². The Bertz CT molecular complexity index is 1270. The number of hydrogen-bond donors (Lipinski definition) is 2. The summed E-state index contributed by atoms with van der Waals surface area (Å²) >= 11 is 0. The van der Waals surface area contributed by atoms with E-state index in [-0.39, 0.29) is 17.6 Å². The van der Waals surface area contributed by atoms with Crippen LogP contribution in [-0.2, 0) is 22.0 Å². The van der Waals surface area contributed by atoms with Crippen LogP contribution in [0.2, 0.25) is 0 Å². The summed E-state index contributed by atoms with van der Waals surface area (Å²) in [7, 11) is -4.10. The maximum absolute atomic E-state index is 13.1. The number of benzene rings is 2. The number of anilines is 1. The Morgan fingerprint density at radius 3 is 2.31 bits per heavy atom. The minimum absolute atomic E-state index is 0. The molecule has 7 nitrogen and oxygen atoms in total. The van der Waals surface area contributed by atoms with E-state index in [1.165, 1.54) is 23.8 Å². The Labute approximate surface area is 191 Å². The molecule has 8 heteroatoms. The van der Waals surface area contributed by atoms with Gasteiger partial charge in [-0.3, -0.25) is 9.48 Å². The van der Waals surface area contributed by atoms with E-state index >= 15 is 0 Å². The van der Waals surface area contributed by atoms with Gasteiger partial charge in [0.05, 0.1) is 10.4 Å². The predicted molar refractivity (Wildman–Crippen MR) is 128 cm³/mol. The largest absolute Gasteiger partial charge is 0.399 e. The van der Waals surface area contributed by atoms with Gasteiger partial charge in [0.1, 0.15) is 0 Å². The zero-order valence-electron chi connectivity index (χ0n) is 19.4. The fourth-order valence-corrected chi connectivity index (χ4v) is 4.67. The molecule has 172 valence electrons. The summed E-state index contributed by atoms with van der Waals surface area (Å²) in [5.74, 6) is -0.771. The number of sulfonamides is 1. The number of aryl methyl sites for hydroxylation is 3. The van der Waals surface area contributed by atoms with Gasteiger partial charge >= 0.3 is 0 Å². The summed E-state index contributed by atoms with van der Waals surface area (Å²) in [5.41, 5.74) is 10.9. The smallest absolute Gasteiger partial charge is 0.285 e. The summed E-state index contributed by atoms with van der Waals surface area (Å²) < 4.78 is 29.4. The summed E-state index contributed by atoms with van der Waals surface area (Å²) in [6.07, 6.45) is 2.29. The van der Waals surface area contributed by atoms with Gasteiger partial charge in [-0.05, 0) is 76.4 Å². The highest BCUT2D eigenvalue weighted by Crippen LogP contribution is 2.24. The highest BCUT2D eigenvalue weighted by atomic mass is 32.2. The van der Waals surface area contributed by atoms with Crippen molar-refractivity contribution in [2.24, 2.45) is 0 Å². The van der Waals surface area contributed by atoms with Crippen molar-refractivity contribution in [2.75, 3.05) is 5.73 Å². The first-order valence-corrected chi connectivity index (χ1v) is 11.8. The molecule has 0 spiro atoms. The lowest BCUT2D eigenvalue weighted by Crippen LogP contribution is -2.32. The Balaban J connectivity index is 0.00000385. The third-order valence-corrected chi connectivity index (χ3v) is 6.62. The third-order valence-electron chi connectivity index (χ3n) is 5.30. The van der Waals surface area contributed by atoms with Crippen LogP contribution in [0.1, 0.15) is 60.5 Å². The number of nitrogens with two attached hydrogens (primary N) is 1. The maximum atomic E-state index is 13.1. The summed E-state index contributed by atoms with van der Waals surface area (Å²) in [4.78, 5) is 13.0. The Kier molecular flexibility index (Phi) is 6.20. The Hall–Kier alpha value is -3.13. The molecule has 0 aliphatic heterocycles. The van der Waals surface area contributed by atoms with E-state index in [9.17, 15) is 13.2 Å². The van der Waals surface area contributed by atoms with Gasteiger partial charge in [-0.1, -0.05) is 23.8 Å². The standard InChI is InChI=1S/C24H30N4O3S.H2/c1-15-10-16(2)21(17(3)11-15)12-18-14-28(24(4,5)6)26-22(18)23(29)27-32(30,31)20-9-7-8-19(25)13-20;/h7-11,13-14H,12,25H2,1-6H3,(H,27,29);1H. The van der Waals surface area contributed by atoms with Gasteiger partial charge in [0.2, 0.25) is 0 Å². The molecule has 3 rings (SSSR count). The molecular weight excluding hydrogens is 424 g/mol. The van der Waals surface area contributed by atoms with Crippen LogP contribution in [0.25, 0.3) is 0 Å². The van der Waals surface area contributed by atoms with Gasteiger partial charge in [0, 0.05) is 25.3 Å². The maximum Gasteiger partial charge on any atom is 0.285 e. The Morgan fingerprint density at radius 1 is 1.12 bits per heavy atom. The number of carbonyl (C=O) groups excluding carboxylic acids is 1. The second-order valence-corrected chi connectivity index (χ2v) is 10.9. The van der Waals surface area contributed by atoms with E-state index in [0.29, 0.717) is 17.7 Å². The normalized spacial score (nSPS) is 12.1. The van der Waals surface area contributed by atoms with Crippen molar-refractivity contribution in [3.8, 4) is 0 Å². The lowest BCUT2D eigenvalue weighted by Gasteiger charge is -2.18. The second kappa shape index (κ2) is 8.43. The van der Waals surface area contributed by atoms with Crippen LogP contribution in [0, 0.1) is 20.8 Å². The number of aromatic nitrogens is 2. The molecule has 0 bridgehead atoms. The second-order valence-electron chi connectivity index (χ2n) is 9.18. The molecule has 1 heterocycles. The predicted octanol–water partition coefficient (Wildman–Crippen LogP) is 4.10. The van der Waals surface area contributed by atoms with Crippen LogP contribution < -0.4 is 10.5 Å². The quantitative estimate of drug-likeness (QED) is 0.562. The zero-order valence-corrected chi connectivity index (χ0v) is 20.2. The minimum atomic E-state index is -4.10. The monoisotopic (exact) mass is 456 g/mol. The molecule has 0 unspecified atom stereocenters. The van der Waals surface area contributed by atoms with Crippen molar-refractivity contribution in [1.29, 1.82) is 0 Å². The number of amides is 1. The lowest BCUT2D eigenvalue weighted by atomic mass is 9.94. The fourth-order valence-electron chi connectivity index (χ4n) is 3.66. The average molecular weight is 457 g/mol. The molecular formula is C24H32N4O3S. The van der Waals surface area contributed by atoms with Crippen LogP contribution in [0.15, 0.2) is 47.5 Å². The number of nitrogen functional groups attached to an aromatic ring is 1. The molecule has 0 saturated carbocycles. The molecule has 1 amide bonds. The van der Waals surface area contributed by atoms with Crippen molar-refractivity contribution < 1.29 is 14.6 Å². The molecule has 2 aromatic carbocycles. The van der Waals surface area contributed by atoms with Crippen molar-refractivity contribution in [3.05, 3.63) is 76.1 Å². The van der Waals surface area contributed by atoms with E-state index in [1.54, 1.807) is 10.7 Å². The molecule has 0 radical (unpaired) electrons. The molecule has 0 aliphatic rings. The Morgan fingerprint density at radius 2 is 1.75 bits per heavy atom. The zero-order chi connectivity index (χ0) is 23.8. The first-order chi connectivity index (χ1) is 14.8. The SMILES string of the molecule is Cc1cc(C)c(Cc2cn(C(C)(C)C)nc2C(=O)NS(=O)(=O)c2cccc(N)c2)c(C)c1.[HH]. The van der Waals surface area contributed by atoms with Crippen molar-refractivity contribution >= 4 is 21.6 Å². The van der Waals surface area contributed by atoms with Gasteiger partial charge in [0.15, 0.2) is 5.69 Å².